The van der Waals surface area contributed by atoms with Crippen LogP contribution in [0.4, 0.5) is 29.1 Å². The first-order valence-electron chi connectivity index (χ1n) is 10.2. The number of nitrogens with one attached hydrogen (secondary N) is 2. The molecule has 178 valence electrons. The van der Waals surface area contributed by atoms with Gasteiger partial charge >= 0.3 is 6.18 Å². The molecule has 4 heterocycles. The zero-order valence-corrected chi connectivity index (χ0v) is 18.2. The molecule has 8 nitrogen and oxygen atoms in total. The number of hydrogen-bond acceptors (Lipinski definition) is 7. The number of aliphatic hydroxyl groups is 1. The van der Waals surface area contributed by atoms with Crippen LogP contribution in [-0.2, 0) is 12.7 Å². The van der Waals surface area contributed by atoms with E-state index in [-0.39, 0.29) is 23.0 Å². The van der Waals surface area contributed by atoms with Gasteiger partial charge in [-0.1, -0.05) is 6.07 Å². The van der Waals surface area contributed by atoms with E-state index in [0.717, 1.165) is 17.8 Å². The molecule has 0 aromatic carbocycles. The minimum Gasteiger partial charge on any atom is -0.389 e. The lowest BCUT2D eigenvalue weighted by atomic mass is 10.1. The highest BCUT2D eigenvalue weighted by Crippen LogP contribution is 2.30. The maximum Gasteiger partial charge on any atom is 0.433 e. The van der Waals surface area contributed by atoms with E-state index in [1.165, 1.54) is 28.9 Å². The Labute approximate surface area is 191 Å². The highest BCUT2D eigenvalue weighted by atomic mass is 19.4. The Hall–Kier alpha value is -3.64. The first-order valence-corrected chi connectivity index (χ1v) is 10.2. The average Bonchev–Trinajstić information content (AvgIpc) is 3.17. The fourth-order valence-corrected chi connectivity index (χ4v) is 3.25. The Morgan fingerprint density at radius 1 is 1.09 bits per heavy atom. The molecule has 0 unspecified atom stereocenters. The molecule has 0 aliphatic carbocycles. The summed E-state index contributed by atoms with van der Waals surface area (Å²) in [5.74, 6) is -0.548. The van der Waals surface area contributed by atoms with Gasteiger partial charge in [0.25, 0.3) is 0 Å². The SMILES string of the molecule is CC(C)(O)CNCc1ccn2nc(-c3cccc(C(F)(F)F)n3)nc(Nc3ccncc3F)c12. The topological polar surface area (TPSA) is 100 Å². The van der Waals surface area contributed by atoms with Crippen LogP contribution in [0.3, 0.4) is 0 Å². The van der Waals surface area contributed by atoms with Crippen molar-refractivity contribution >= 4 is 17.0 Å². The van der Waals surface area contributed by atoms with E-state index in [9.17, 15) is 22.7 Å². The van der Waals surface area contributed by atoms with Crippen molar-refractivity contribution < 1.29 is 22.7 Å². The molecule has 0 aliphatic heterocycles. The van der Waals surface area contributed by atoms with E-state index in [1.807, 2.05) is 0 Å². The first kappa shape index (κ1) is 23.5. The van der Waals surface area contributed by atoms with E-state index in [4.69, 9.17) is 0 Å². The number of halogens is 4. The number of anilines is 2. The zero-order valence-electron chi connectivity index (χ0n) is 18.2. The molecule has 0 amide bonds. The molecule has 0 spiro atoms. The maximum absolute atomic E-state index is 14.3. The molecule has 3 N–H and O–H groups in total. The smallest absolute Gasteiger partial charge is 0.389 e. The van der Waals surface area contributed by atoms with Crippen molar-refractivity contribution in [3.63, 3.8) is 0 Å². The van der Waals surface area contributed by atoms with Crippen molar-refractivity contribution in [1.29, 1.82) is 0 Å². The Kier molecular flexibility index (Phi) is 6.19. The number of pyridine rings is 2. The molecule has 4 aromatic rings. The van der Waals surface area contributed by atoms with Gasteiger partial charge in [-0.05, 0) is 43.7 Å². The number of alkyl halides is 3. The quantitative estimate of drug-likeness (QED) is 0.348. The van der Waals surface area contributed by atoms with Crippen LogP contribution in [0.5, 0.6) is 0 Å². The lowest BCUT2D eigenvalue weighted by Crippen LogP contribution is -2.34. The van der Waals surface area contributed by atoms with Gasteiger partial charge in [-0.3, -0.25) is 4.98 Å². The lowest BCUT2D eigenvalue weighted by molar-refractivity contribution is -0.141. The highest BCUT2D eigenvalue weighted by molar-refractivity contribution is 5.78. The Morgan fingerprint density at radius 3 is 2.59 bits per heavy atom. The standard InChI is InChI=1S/C22H21F4N7O/c1-21(2,34)12-28-10-13-7-9-33-18(13)20(30-15-6-8-27-11-14(15)23)31-19(32-33)16-4-3-5-17(29-16)22(24,25)26/h3-9,11,28,34H,10,12H2,1-2H3,(H,27,30,31,32). The molecule has 0 saturated carbocycles. The van der Waals surface area contributed by atoms with Crippen LogP contribution < -0.4 is 10.6 Å². The van der Waals surface area contributed by atoms with Gasteiger partial charge in [0.1, 0.15) is 16.9 Å². The van der Waals surface area contributed by atoms with Gasteiger partial charge in [0.2, 0.25) is 5.82 Å². The van der Waals surface area contributed by atoms with Crippen LogP contribution in [0.1, 0.15) is 25.1 Å². The van der Waals surface area contributed by atoms with Crippen molar-refractivity contribution in [2.75, 3.05) is 11.9 Å². The third kappa shape index (κ3) is 5.29. The summed E-state index contributed by atoms with van der Waals surface area (Å²) in [5, 5.41) is 20.3. The monoisotopic (exact) mass is 475 g/mol. The Morgan fingerprint density at radius 2 is 1.88 bits per heavy atom. The predicted octanol–water partition coefficient (Wildman–Crippen LogP) is 3.95. The van der Waals surface area contributed by atoms with Crippen molar-refractivity contribution in [2.24, 2.45) is 0 Å². The second kappa shape index (κ2) is 8.95. The average molecular weight is 475 g/mol. The summed E-state index contributed by atoms with van der Waals surface area (Å²) in [6.07, 6.45) is -0.597. The van der Waals surface area contributed by atoms with Gasteiger partial charge in [0, 0.05) is 25.5 Å². The number of rotatable bonds is 7. The number of aromatic nitrogens is 5. The third-order valence-electron chi connectivity index (χ3n) is 4.76. The third-order valence-corrected chi connectivity index (χ3v) is 4.76. The second-order valence-corrected chi connectivity index (χ2v) is 8.22. The Balaban J connectivity index is 1.80. The van der Waals surface area contributed by atoms with Crippen LogP contribution in [0.15, 0.2) is 48.9 Å². The predicted molar refractivity (Wildman–Crippen MR) is 117 cm³/mol. The van der Waals surface area contributed by atoms with E-state index in [1.54, 1.807) is 26.1 Å². The molecule has 0 saturated heterocycles. The number of fused-ring (bicyclic) bond motifs is 1. The normalized spacial score (nSPS) is 12.3. The molecule has 0 fully saturated rings. The van der Waals surface area contributed by atoms with Gasteiger partial charge in [0.15, 0.2) is 11.6 Å². The molecular weight excluding hydrogens is 454 g/mol. The molecule has 4 rings (SSSR count). The summed E-state index contributed by atoms with van der Waals surface area (Å²) < 4.78 is 55.2. The van der Waals surface area contributed by atoms with Gasteiger partial charge in [-0.2, -0.15) is 13.2 Å². The van der Waals surface area contributed by atoms with Crippen molar-refractivity contribution in [1.82, 2.24) is 29.9 Å². The summed E-state index contributed by atoms with van der Waals surface area (Å²) in [7, 11) is 0. The van der Waals surface area contributed by atoms with Crippen LogP contribution in [0.25, 0.3) is 17.0 Å². The van der Waals surface area contributed by atoms with E-state index >= 15 is 0 Å². The minimum absolute atomic E-state index is 0.0788. The van der Waals surface area contributed by atoms with Gasteiger partial charge in [-0.25, -0.2) is 18.9 Å². The summed E-state index contributed by atoms with van der Waals surface area (Å²) in [4.78, 5) is 11.8. The van der Waals surface area contributed by atoms with E-state index < -0.39 is 23.3 Å². The molecular formula is C22H21F4N7O. The highest BCUT2D eigenvalue weighted by Gasteiger charge is 2.32. The maximum atomic E-state index is 14.3. The van der Waals surface area contributed by atoms with Gasteiger partial charge in [0.05, 0.1) is 17.5 Å². The number of hydrogen-bond donors (Lipinski definition) is 3. The van der Waals surface area contributed by atoms with E-state index in [2.05, 4.69) is 30.7 Å². The summed E-state index contributed by atoms with van der Waals surface area (Å²) >= 11 is 0. The van der Waals surface area contributed by atoms with Crippen LogP contribution in [0.2, 0.25) is 0 Å². The summed E-state index contributed by atoms with van der Waals surface area (Å²) in [6.45, 7) is 3.96. The van der Waals surface area contributed by atoms with Gasteiger partial charge in [-0.15, -0.1) is 5.10 Å². The van der Waals surface area contributed by atoms with Gasteiger partial charge < -0.3 is 15.7 Å². The molecule has 0 bridgehead atoms. The fourth-order valence-electron chi connectivity index (χ4n) is 3.25. The van der Waals surface area contributed by atoms with Crippen molar-refractivity contribution in [3.8, 4) is 11.5 Å². The molecule has 12 heteroatoms. The molecule has 0 aliphatic rings. The fraction of sp³-hybridized carbons (Fsp3) is 0.273. The lowest BCUT2D eigenvalue weighted by Gasteiger charge is -2.17. The van der Waals surface area contributed by atoms with Crippen LogP contribution in [0, 0.1) is 5.82 Å². The van der Waals surface area contributed by atoms with E-state index in [0.29, 0.717) is 18.6 Å². The first-order chi connectivity index (χ1) is 16.0. The summed E-state index contributed by atoms with van der Waals surface area (Å²) in [6, 6.07) is 6.60. The second-order valence-electron chi connectivity index (χ2n) is 8.22. The molecule has 4 aromatic heterocycles. The largest absolute Gasteiger partial charge is 0.433 e. The van der Waals surface area contributed by atoms with Crippen LogP contribution in [-0.4, -0.2) is 41.8 Å². The van der Waals surface area contributed by atoms with Crippen molar-refractivity contribution in [3.05, 3.63) is 66.0 Å². The number of nitrogens with zero attached hydrogens (tertiary/aromatic N) is 5. The minimum atomic E-state index is -4.63. The zero-order chi connectivity index (χ0) is 24.5. The Bertz CT molecular complexity index is 1310. The molecule has 0 atom stereocenters. The molecule has 0 radical (unpaired) electrons. The molecule has 34 heavy (non-hydrogen) atoms. The summed E-state index contributed by atoms with van der Waals surface area (Å²) in [5.41, 5.74) is -0.816. The van der Waals surface area contributed by atoms with Crippen LogP contribution >= 0.6 is 0 Å². The van der Waals surface area contributed by atoms with Crippen molar-refractivity contribution in [2.45, 2.75) is 32.2 Å².